The van der Waals surface area contributed by atoms with Crippen molar-refractivity contribution in [1.82, 2.24) is 14.6 Å². The van der Waals surface area contributed by atoms with Crippen molar-refractivity contribution in [1.29, 1.82) is 0 Å². The van der Waals surface area contributed by atoms with Crippen LogP contribution in [0.4, 0.5) is 10.2 Å². The molecule has 5 nitrogen and oxygen atoms in total. The van der Waals surface area contributed by atoms with E-state index in [1.54, 1.807) is 18.3 Å². The summed E-state index contributed by atoms with van der Waals surface area (Å²) in [7, 11) is 0. The molecule has 3 heterocycles. The van der Waals surface area contributed by atoms with Crippen LogP contribution in [0, 0.1) is 11.7 Å². The second-order valence-electron chi connectivity index (χ2n) is 6.24. The predicted molar refractivity (Wildman–Crippen MR) is 90.4 cm³/mol. The highest BCUT2D eigenvalue weighted by molar-refractivity contribution is 5.67. The molecule has 1 saturated heterocycles. The van der Waals surface area contributed by atoms with Crippen LogP contribution in [0.3, 0.4) is 0 Å². The molecular weight excluding hydrogens is 307 g/mol. The van der Waals surface area contributed by atoms with Crippen molar-refractivity contribution < 1.29 is 9.50 Å². The monoisotopic (exact) mass is 326 g/mol. The molecule has 1 N–H and O–H groups in total. The fourth-order valence-electron chi connectivity index (χ4n) is 3.31. The molecule has 1 aromatic carbocycles. The Morgan fingerprint density at radius 2 is 2.04 bits per heavy atom. The van der Waals surface area contributed by atoms with Crippen molar-refractivity contribution in [2.75, 3.05) is 24.6 Å². The number of anilines is 1. The number of aliphatic hydroxyl groups is 1. The first-order valence-corrected chi connectivity index (χ1v) is 8.21. The van der Waals surface area contributed by atoms with Gasteiger partial charge in [0, 0.05) is 37.4 Å². The summed E-state index contributed by atoms with van der Waals surface area (Å²) < 4.78 is 15.0. The standard InChI is InChI=1S/C18H19FN4O/c19-15-5-3-14(4-6-15)16-10-18(23-17(21-16)7-8-20-23)22-9-1-2-13(11-22)12-24/h3-8,10,13,24H,1-2,9,11-12H2/t13-/m0/s1. The van der Waals surface area contributed by atoms with E-state index in [9.17, 15) is 9.50 Å². The van der Waals surface area contributed by atoms with Crippen molar-refractivity contribution in [3.8, 4) is 11.3 Å². The lowest BCUT2D eigenvalue weighted by Crippen LogP contribution is -2.38. The topological polar surface area (TPSA) is 53.7 Å². The van der Waals surface area contributed by atoms with Crippen molar-refractivity contribution in [2.24, 2.45) is 5.92 Å². The molecule has 0 aliphatic carbocycles. The third kappa shape index (κ3) is 2.73. The Labute approximate surface area is 139 Å². The highest BCUT2D eigenvalue weighted by Crippen LogP contribution is 2.27. The molecule has 0 spiro atoms. The van der Waals surface area contributed by atoms with Crippen LogP contribution in [0.1, 0.15) is 12.8 Å². The number of benzene rings is 1. The Morgan fingerprint density at radius 1 is 1.21 bits per heavy atom. The summed E-state index contributed by atoms with van der Waals surface area (Å²) in [6.07, 6.45) is 3.82. The van der Waals surface area contributed by atoms with Gasteiger partial charge in [-0.3, -0.25) is 0 Å². The molecule has 0 radical (unpaired) electrons. The number of hydrogen-bond donors (Lipinski definition) is 1. The summed E-state index contributed by atoms with van der Waals surface area (Å²) in [5.74, 6) is 0.987. The molecule has 0 saturated carbocycles. The van der Waals surface area contributed by atoms with Crippen LogP contribution in [-0.4, -0.2) is 39.4 Å². The lowest BCUT2D eigenvalue weighted by atomic mass is 9.99. The summed E-state index contributed by atoms with van der Waals surface area (Å²) in [5.41, 5.74) is 2.43. The first-order chi connectivity index (χ1) is 11.7. The minimum atomic E-state index is -0.258. The van der Waals surface area contributed by atoms with Gasteiger partial charge in [0.2, 0.25) is 0 Å². The predicted octanol–water partition coefficient (Wildman–Crippen LogP) is 2.74. The third-order valence-corrected chi connectivity index (χ3v) is 4.58. The van der Waals surface area contributed by atoms with Gasteiger partial charge >= 0.3 is 0 Å². The number of fused-ring (bicyclic) bond motifs is 1. The van der Waals surface area contributed by atoms with Crippen molar-refractivity contribution >= 4 is 11.5 Å². The van der Waals surface area contributed by atoms with Crippen LogP contribution in [0.15, 0.2) is 42.6 Å². The maximum absolute atomic E-state index is 13.2. The van der Waals surface area contributed by atoms with Gasteiger partial charge in [-0.25, -0.2) is 9.37 Å². The van der Waals surface area contributed by atoms with Gasteiger partial charge in [0.1, 0.15) is 11.6 Å². The first-order valence-electron chi connectivity index (χ1n) is 8.21. The molecule has 2 aromatic heterocycles. The van der Waals surface area contributed by atoms with E-state index < -0.39 is 0 Å². The van der Waals surface area contributed by atoms with Gasteiger partial charge in [0.05, 0.1) is 11.9 Å². The Morgan fingerprint density at radius 3 is 2.83 bits per heavy atom. The minimum absolute atomic E-state index is 0.203. The SMILES string of the molecule is OC[C@H]1CCCN(c2cc(-c3ccc(F)cc3)nc3ccnn23)C1. The summed E-state index contributed by atoms with van der Waals surface area (Å²) in [5, 5.41) is 13.9. The van der Waals surface area contributed by atoms with Crippen LogP contribution in [0.5, 0.6) is 0 Å². The van der Waals surface area contributed by atoms with Gasteiger partial charge in [0.15, 0.2) is 5.65 Å². The van der Waals surface area contributed by atoms with Gasteiger partial charge in [-0.05, 0) is 43.0 Å². The molecule has 6 heteroatoms. The fraction of sp³-hybridized carbons (Fsp3) is 0.333. The van der Waals surface area contributed by atoms with E-state index in [0.29, 0.717) is 0 Å². The van der Waals surface area contributed by atoms with Crippen LogP contribution in [-0.2, 0) is 0 Å². The smallest absolute Gasteiger partial charge is 0.157 e. The molecular formula is C18H19FN4O. The van der Waals surface area contributed by atoms with Crippen molar-refractivity contribution in [3.63, 3.8) is 0 Å². The van der Waals surface area contributed by atoms with E-state index in [0.717, 1.165) is 48.7 Å². The number of nitrogens with zero attached hydrogens (tertiary/aromatic N) is 4. The zero-order valence-electron chi connectivity index (χ0n) is 13.3. The highest BCUT2D eigenvalue weighted by Gasteiger charge is 2.22. The molecule has 0 unspecified atom stereocenters. The Balaban J connectivity index is 1.79. The molecule has 1 aliphatic heterocycles. The Bertz CT molecular complexity index is 846. The molecule has 124 valence electrons. The Kier molecular flexibility index (Phi) is 3.90. The first kappa shape index (κ1) is 15.1. The second kappa shape index (κ2) is 6.20. The molecule has 24 heavy (non-hydrogen) atoms. The zero-order chi connectivity index (χ0) is 16.5. The van der Waals surface area contributed by atoms with Crippen molar-refractivity contribution in [2.45, 2.75) is 12.8 Å². The van der Waals surface area contributed by atoms with Gasteiger partial charge < -0.3 is 10.0 Å². The number of aromatic nitrogens is 3. The molecule has 3 aromatic rings. The van der Waals surface area contributed by atoms with Crippen LogP contribution >= 0.6 is 0 Å². The molecule has 1 atom stereocenters. The lowest BCUT2D eigenvalue weighted by Gasteiger charge is -2.33. The number of hydrogen-bond acceptors (Lipinski definition) is 4. The van der Waals surface area contributed by atoms with Gasteiger partial charge in [-0.2, -0.15) is 9.61 Å². The van der Waals surface area contributed by atoms with Crippen LogP contribution in [0.2, 0.25) is 0 Å². The molecule has 0 amide bonds. The molecule has 4 rings (SSSR count). The summed E-state index contributed by atoms with van der Waals surface area (Å²) >= 11 is 0. The fourth-order valence-corrected chi connectivity index (χ4v) is 3.31. The largest absolute Gasteiger partial charge is 0.396 e. The van der Waals surface area contributed by atoms with Crippen LogP contribution in [0.25, 0.3) is 16.9 Å². The average Bonchev–Trinajstić information content (AvgIpc) is 3.10. The average molecular weight is 326 g/mol. The van der Waals surface area contributed by atoms with Gasteiger partial charge in [-0.1, -0.05) is 0 Å². The molecule has 1 aliphatic rings. The van der Waals surface area contributed by atoms with E-state index in [4.69, 9.17) is 0 Å². The van der Waals surface area contributed by atoms with E-state index in [1.807, 2.05) is 16.6 Å². The number of aliphatic hydroxyl groups excluding tert-OH is 1. The van der Waals surface area contributed by atoms with E-state index in [1.165, 1.54) is 12.1 Å². The van der Waals surface area contributed by atoms with Crippen LogP contribution < -0.4 is 4.90 Å². The highest BCUT2D eigenvalue weighted by atomic mass is 19.1. The Hall–Kier alpha value is -2.47. The van der Waals surface area contributed by atoms with Crippen molar-refractivity contribution in [3.05, 3.63) is 48.4 Å². The quantitative estimate of drug-likeness (QED) is 0.804. The molecule has 0 bridgehead atoms. The zero-order valence-corrected chi connectivity index (χ0v) is 13.3. The summed E-state index contributed by atoms with van der Waals surface area (Å²) in [6.45, 7) is 1.94. The number of rotatable bonds is 3. The maximum Gasteiger partial charge on any atom is 0.157 e. The van der Waals surface area contributed by atoms with E-state index >= 15 is 0 Å². The van der Waals surface area contributed by atoms with Gasteiger partial charge in [-0.15, -0.1) is 0 Å². The number of piperidine rings is 1. The van der Waals surface area contributed by atoms with E-state index in [2.05, 4.69) is 15.0 Å². The minimum Gasteiger partial charge on any atom is -0.396 e. The summed E-state index contributed by atoms with van der Waals surface area (Å²) in [4.78, 5) is 6.88. The van der Waals surface area contributed by atoms with E-state index in [-0.39, 0.29) is 18.3 Å². The normalized spacial score (nSPS) is 18.2. The number of halogens is 1. The molecule has 1 fully saturated rings. The van der Waals surface area contributed by atoms with Gasteiger partial charge in [0.25, 0.3) is 0 Å². The third-order valence-electron chi connectivity index (χ3n) is 4.58. The second-order valence-corrected chi connectivity index (χ2v) is 6.24. The lowest BCUT2D eigenvalue weighted by molar-refractivity contribution is 0.208. The maximum atomic E-state index is 13.2. The summed E-state index contributed by atoms with van der Waals surface area (Å²) in [6, 6.07) is 10.2.